The molecule has 0 bridgehead atoms. The lowest BCUT2D eigenvalue weighted by molar-refractivity contribution is -0.141. The Morgan fingerprint density at radius 2 is 0.508 bits per heavy atom. The molecule has 3 aliphatic heterocycles. The van der Waals surface area contributed by atoms with Crippen LogP contribution in [0.5, 0.6) is 0 Å². The summed E-state index contributed by atoms with van der Waals surface area (Å²) in [5.41, 5.74) is -4.89. The van der Waals surface area contributed by atoms with E-state index < -0.39 is 62.6 Å². The molecule has 0 spiro atoms. The molecule has 0 saturated carbocycles. The molecule has 10 rings (SSSR count). The average Bonchev–Trinajstić information content (AvgIpc) is 3.24. The van der Waals surface area contributed by atoms with Crippen molar-refractivity contribution in [1.82, 2.24) is 0 Å². The maximum absolute atomic E-state index is 19.1. The molecule has 63 heavy (non-hydrogen) atoms. The summed E-state index contributed by atoms with van der Waals surface area (Å²) in [7, 11) is 0. The fourth-order valence-electron chi connectivity index (χ4n) is 10.6. The molecule has 0 aromatic heterocycles. The van der Waals surface area contributed by atoms with E-state index in [1.165, 1.54) is 21.9 Å². The van der Waals surface area contributed by atoms with Gasteiger partial charge in [-0.3, -0.25) is 0 Å². The van der Waals surface area contributed by atoms with E-state index in [0.717, 1.165) is 4.90 Å². The van der Waals surface area contributed by atoms with Crippen molar-refractivity contribution in [2.45, 2.75) is 70.1 Å². The lowest BCUT2D eigenvalue weighted by atomic mass is 9.72. The highest BCUT2D eigenvalue weighted by atomic mass is 19.4. The summed E-state index contributed by atoms with van der Waals surface area (Å²) in [6.45, 7) is 11.5. The number of nitrogens with zero attached hydrogens (tertiary/aromatic N) is 3. The Morgan fingerprint density at radius 3 is 0.714 bits per heavy atom. The molecule has 0 aliphatic carbocycles. The van der Waals surface area contributed by atoms with Gasteiger partial charge in [0.05, 0.1) is 51.2 Å². The number of fused-ring (bicyclic) bond motifs is 6. The first-order chi connectivity index (χ1) is 29.8. The molecule has 3 heterocycles. The van der Waals surface area contributed by atoms with Crippen molar-refractivity contribution in [2.75, 3.05) is 14.7 Å². The van der Waals surface area contributed by atoms with Crippen molar-refractivity contribution >= 4 is 51.2 Å². The molecule has 0 radical (unpaired) electrons. The van der Waals surface area contributed by atoms with Gasteiger partial charge < -0.3 is 14.7 Å². The standard InChI is InChI=1S/C53H42F7N3/c1-49(2)31-19-7-13-25-37(31)61(38-26-14-8-20-32(38)49)46-43(52(55,56)57)47(62-39-27-15-9-21-33(39)50(3,4)34-22-10-16-28-40(34)62)45(54)48(44(46)53(58,59)60)63-41-29-17-11-23-35(41)51(5,6)36-24-12-18-30-42(36)63/h7-30H,1-6H3. The van der Waals surface area contributed by atoms with Crippen LogP contribution >= 0.6 is 0 Å². The van der Waals surface area contributed by atoms with Crippen molar-refractivity contribution in [3.8, 4) is 0 Å². The summed E-state index contributed by atoms with van der Waals surface area (Å²) in [6, 6.07) is 40.3. The lowest BCUT2D eigenvalue weighted by Gasteiger charge is -2.47. The zero-order chi connectivity index (χ0) is 44.6. The smallest absolute Gasteiger partial charge is 0.308 e. The number of benzene rings is 7. The fraction of sp³-hybridized carbons (Fsp3) is 0.208. The van der Waals surface area contributed by atoms with Crippen molar-refractivity contribution in [3.63, 3.8) is 0 Å². The van der Waals surface area contributed by atoms with Crippen molar-refractivity contribution < 1.29 is 30.7 Å². The van der Waals surface area contributed by atoms with Crippen LogP contribution in [-0.4, -0.2) is 0 Å². The molecular formula is C53H42F7N3. The van der Waals surface area contributed by atoms with Crippen LogP contribution in [0, 0.1) is 5.82 Å². The van der Waals surface area contributed by atoms with E-state index in [1.54, 1.807) is 133 Å². The maximum Gasteiger partial charge on any atom is 0.420 e. The maximum atomic E-state index is 19.1. The van der Waals surface area contributed by atoms with Gasteiger partial charge in [0.1, 0.15) is 11.1 Å². The predicted octanol–water partition coefficient (Wildman–Crippen LogP) is 16.2. The Labute approximate surface area is 361 Å². The topological polar surface area (TPSA) is 9.72 Å². The van der Waals surface area contributed by atoms with Crippen molar-refractivity contribution in [3.05, 3.63) is 196 Å². The SMILES string of the molecule is CC1(C)c2ccccc2N(c2c(F)c(N3c4ccccc4C(C)(C)c4ccccc43)c(C(F)(F)F)c(N3c4ccccc4C(C)(C)c4ccccc43)c2C(F)(F)F)c2ccccc21. The third kappa shape index (κ3) is 5.65. The Morgan fingerprint density at radius 1 is 0.317 bits per heavy atom. The molecule has 10 heteroatoms. The van der Waals surface area contributed by atoms with Crippen molar-refractivity contribution in [2.24, 2.45) is 0 Å². The summed E-state index contributed by atoms with van der Waals surface area (Å²) in [4.78, 5) is 3.46. The third-order valence-electron chi connectivity index (χ3n) is 13.5. The molecule has 7 aromatic carbocycles. The Balaban J connectivity index is 1.48. The van der Waals surface area contributed by atoms with E-state index in [4.69, 9.17) is 0 Å². The molecule has 3 nitrogen and oxygen atoms in total. The minimum atomic E-state index is -5.56. The van der Waals surface area contributed by atoms with Crippen LogP contribution in [0.25, 0.3) is 0 Å². The first kappa shape index (κ1) is 40.5. The highest BCUT2D eigenvalue weighted by molar-refractivity contribution is 6.00. The van der Waals surface area contributed by atoms with Crippen LogP contribution < -0.4 is 14.7 Å². The number of hydrogen-bond donors (Lipinski definition) is 0. The molecule has 0 unspecified atom stereocenters. The summed E-state index contributed by atoms with van der Waals surface area (Å²) < 4.78 is 121. The van der Waals surface area contributed by atoms with Gasteiger partial charge in [-0.15, -0.1) is 0 Å². The first-order valence-corrected chi connectivity index (χ1v) is 20.8. The molecule has 0 fully saturated rings. The second-order valence-electron chi connectivity index (χ2n) is 18.1. The van der Waals surface area contributed by atoms with E-state index in [2.05, 4.69) is 0 Å². The second kappa shape index (κ2) is 13.5. The van der Waals surface area contributed by atoms with E-state index in [0.29, 0.717) is 33.4 Å². The van der Waals surface area contributed by atoms with Crippen LogP contribution in [-0.2, 0) is 28.6 Å². The van der Waals surface area contributed by atoms with E-state index in [9.17, 15) is 0 Å². The Hall–Kier alpha value is -6.55. The van der Waals surface area contributed by atoms with Gasteiger partial charge in [0, 0.05) is 16.2 Å². The molecule has 0 atom stereocenters. The number of alkyl halides is 6. The summed E-state index contributed by atoms with van der Waals surface area (Å²) in [6.07, 6.45) is -11.1. The van der Waals surface area contributed by atoms with E-state index in [1.807, 2.05) is 41.5 Å². The average molecular weight is 854 g/mol. The van der Waals surface area contributed by atoms with Crippen LogP contribution in [0.15, 0.2) is 146 Å². The minimum absolute atomic E-state index is 0.113. The summed E-state index contributed by atoms with van der Waals surface area (Å²) >= 11 is 0. The normalized spacial score (nSPS) is 16.6. The fourth-order valence-corrected chi connectivity index (χ4v) is 10.6. The molecule has 318 valence electrons. The number of para-hydroxylation sites is 6. The van der Waals surface area contributed by atoms with Gasteiger partial charge in [-0.1, -0.05) is 151 Å². The largest absolute Gasteiger partial charge is 0.420 e. The zero-order valence-electron chi connectivity index (χ0n) is 35.3. The monoisotopic (exact) mass is 853 g/mol. The predicted molar refractivity (Wildman–Crippen MR) is 237 cm³/mol. The van der Waals surface area contributed by atoms with Gasteiger partial charge in [-0.05, 0) is 69.8 Å². The van der Waals surface area contributed by atoms with E-state index in [-0.39, 0.29) is 34.1 Å². The van der Waals surface area contributed by atoms with Gasteiger partial charge in [-0.2, -0.15) is 26.3 Å². The number of anilines is 9. The van der Waals surface area contributed by atoms with Crippen LogP contribution in [0.4, 0.5) is 81.9 Å². The van der Waals surface area contributed by atoms with Crippen LogP contribution in [0.2, 0.25) is 0 Å². The van der Waals surface area contributed by atoms with Crippen LogP contribution in [0.1, 0.15) is 86.1 Å². The molecule has 3 aliphatic rings. The van der Waals surface area contributed by atoms with Gasteiger partial charge in [-0.25, -0.2) is 4.39 Å². The van der Waals surface area contributed by atoms with Gasteiger partial charge >= 0.3 is 12.4 Å². The quantitative estimate of drug-likeness (QED) is 0.164. The number of halogens is 7. The highest BCUT2D eigenvalue weighted by Crippen LogP contribution is 2.65. The third-order valence-corrected chi connectivity index (χ3v) is 13.5. The first-order valence-electron chi connectivity index (χ1n) is 20.8. The summed E-state index contributed by atoms with van der Waals surface area (Å²) in [5.74, 6) is -1.68. The van der Waals surface area contributed by atoms with Crippen LogP contribution in [0.3, 0.4) is 0 Å². The Bertz CT molecular complexity index is 2720. The Kier molecular flexibility index (Phi) is 8.67. The molecule has 0 saturated heterocycles. The van der Waals surface area contributed by atoms with E-state index >= 15 is 30.7 Å². The minimum Gasteiger partial charge on any atom is -0.308 e. The lowest BCUT2D eigenvalue weighted by Crippen LogP contribution is -2.37. The number of hydrogen-bond acceptors (Lipinski definition) is 3. The molecule has 0 N–H and O–H groups in total. The van der Waals surface area contributed by atoms with Crippen molar-refractivity contribution in [1.29, 1.82) is 0 Å². The summed E-state index contributed by atoms with van der Waals surface area (Å²) in [5, 5.41) is 0. The molecule has 0 amide bonds. The zero-order valence-corrected chi connectivity index (χ0v) is 35.3. The second-order valence-corrected chi connectivity index (χ2v) is 18.1. The molecule has 7 aromatic rings. The highest BCUT2D eigenvalue weighted by Gasteiger charge is 2.55. The molecular weight excluding hydrogens is 812 g/mol. The number of rotatable bonds is 3. The van der Waals surface area contributed by atoms with Gasteiger partial charge in [0.2, 0.25) is 0 Å². The van der Waals surface area contributed by atoms with Gasteiger partial charge in [0.15, 0.2) is 5.82 Å². The van der Waals surface area contributed by atoms with Gasteiger partial charge in [0.25, 0.3) is 0 Å².